The lowest BCUT2D eigenvalue weighted by Gasteiger charge is -2.07. The second-order valence-corrected chi connectivity index (χ2v) is 6.88. The number of halogens is 1. The van der Waals surface area contributed by atoms with E-state index in [1.54, 1.807) is 41.6 Å². The van der Waals surface area contributed by atoms with Gasteiger partial charge in [0.25, 0.3) is 0 Å². The monoisotopic (exact) mass is 349 g/mol. The van der Waals surface area contributed by atoms with Gasteiger partial charge in [0.2, 0.25) is 0 Å². The number of aryl methyl sites for hydroxylation is 2. The second kappa shape index (κ2) is 8.12. The largest absolute Gasteiger partial charge is 0.493 e. The van der Waals surface area contributed by atoms with Crippen molar-refractivity contribution in [1.82, 2.24) is 14.8 Å². The van der Waals surface area contributed by atoms with Gasteiger partial charge in [-0.2, -0.15) is 0 Å². The predicted octanol–water partition coefficient (Wildman–Crippen LogP) is 3.89. The number of hydrogen-bond acceptors (Lipinski definition) is 5. The lowest BCUT2D eigenvalue weighted by Crippen LogP contribution is -2.04. The van der Waals surface area contributed by atoms with Crippen molar-refractivity contribution < 1.29 is 9.13 Å². The van der Waals surface area contributed by atoms with Crippen LogP contribution >= 0.6 is 23.1 Å². The molecule has 0 atom stereocenters. The summed E-state index contributed by atoms with van der Waals surface area (Å²) in [5, 5.41) is 11.1. The van der Waals surface area contributed by atoms with Gasteiger partial charge >= 0.3 is 0 Å². The number of thioether (sulfide) groups is 1. The fraction of sp³-hybridized carbons (Fsp3) is 0.250. The van der Waals surface area contributed by atoms with E-state index >= 15 is 0 Å². The van der Waals surface area contributed by atoms with Crippen molar-refractivity contribution in [2.24, 2.45) is 0 Å². The van der Waals surface area contributed by atoms with Crippen LogP contribution in [0.4, 0.5) is 4.39 Å². The van der Waals surface area contributed by atoms with Crippen molar-refractivity contribution in [2.75, 3.05) is 12.4 Å². The lowest BCUT2D eigenvalue weighted by molar-refractivity contribution is 0.343. The van der Waals surface area contributed by atoms with E-state index in [0.717, 1.165) is 23.9 Å². The van der Waals surface area contributed by atoms with Gasteiger partial charge in [-0.3, -0.25) is 0 Å². The first kappa shape index (κ1) is 16.0. The maximum absolute atomic E-state index is 12.8. The Morgan fingerprint density at radius 2 is 2.09 bits per heavy atom. The van der Waals surface area contributed by atoms with Crippen molar-refractivity contribution in [3.05, 3.63) is 58.8 Å². The van der Waals surface area contributed by atoms with Gasteiger partial charge in [0, 0.05) is 17.2 Å². The zero-order chi connectivity index (χ0) is 15.9. The van der Waals surface area contributed by atoms with Gasteiger partial charge in [-0.25, -0.2) is 4.39 Å². The van der Waals surface area contributed by atoms with Crippen molar-refractivity contribution in [3.63, 3.8) is 0 Å². The summed E-state index contributed by atoms with van der Waals surface area (Å²) >= 11 is 3.37. The molecule has 0 saturated carbocycles. The van der Waals surface area contributed by atoms with Gasteiger partial charge in [-0.1, -0.05) is 17.8 Å². The second-order valence-electron chi connectivity index (χ2n) is 4.79. The molecule has 0 saturated heterocycles. The van der Waals surface area contributed by atoms with Crippen LogP contribution in [0.2, 0.25) is 0 Å². The Labute approximate surface area is 142 Å². The van der Waals surface area contributed by atoms with E-state index < -0.39 is 0 Å². The maximum Gasteiger partial charge on any atom is 0.191 e. The lowest BCUT2D eigenvalue weighted by atomic mass is 10.3. The summed E-state index contributed by atoms with van der Waals surface area (Å²) in [6.07, 6.45) is 2.74. The van der Waals surface area contributed by atoms with Crippen LogP contribution in [0.5, 0.6) is 5.75 Å². The fourth-order valence-corrected chi connectivity index (χ4v) is 3.47. The number of rotatable bonds is 8. The molecular weight excluding hydrogens is 333 g/mol. The zero-order valence-electron chi connectivity index (χ0n) is 12.4. The van der Waals surface area contributed by atoms with Gasteiger partial charge in [0.1, 0.15) is 17.9 Å². The van der Waals surface area contributed by atoms with Crippen LogP contribution in [0, 0.1) is 5.82 Å². The molecular formula is C16H16FN3OS2. The first-order chi connectivity index (χ1) is 11.3. The molecule has 0 aliphatic carbocycles. The standard InChI is InChI=1S/C16H16FN3OS2/c17-13-3-5-14(6-4-13)21-9-11-23-16-19-18-12-20(16)8-7-15-2-1-10-22-15/h1-6,10,12H,7-9,11H2. The molecule has 23 heavy (non-hydrogen) atoms. The molecule has 0 amide bonds. The van der Waals surface area contributed by atoms with E-state index in [-0.39, 0.29) is 5.82 Å². The number of thiophene rings is 1. The van der Waals surface area contributed by atoms with Crippen molar-refractivity contribution in [3.8, 4) is 5.75 Å². The van der Waals surface area contributed by atoms with E-state index in [1.165, 1.54) is 17.0 Å². The van der Waals surface area contributed by atoms with Gasteiger partial charge in [0.15, 0.2) is 5.16 Å². The molecule has 4 nitrogen and oxygen atoms in total. The Bertz CT molecular complexity index is 713. The third-order valence-corrected chi connectivity index (χ3v) is 5.04. The molecule has 0 bridgehead atoms. The normalized spacial score (nSPS) is 10.8. The van der Waals surface area contributed by atoms with Crippen LogP contribution < -0.4 is 4.74 Å². The summed E-state index contributed by atoms with van der Waals surface area (Å²) in [6.45, 7) is 1.41. The highest BCUT2D eigenvalue weighted by atomic mass is 32.2. The van der Waals surface area contributed by atoms with E-state index in [9.17, 15) is 4.39 Å². The molecule has 0 unspecified atom stereocenters. The average molecular weight is 349 g/mol. The highest BCUT2D eigenvalue weighted by molar-refractivity contribution is 7.99. The Balaban J connectivity index is 1.43. The average Bonchev–Trinajstić information content (AvgIpc) is 3.23. The third kappa shape index (κ3) is 4.80. The number of ether oxygens (including phenoxy) is 1. The van der Waals surface area contributed by atoms with Crippen molar-refractivity contribution in [2.45, 2.75) is 18.1 Å². The minimum absolute atomic E-state index is 0.259. The SMILES string of the molecule is Fc1ccc(OCCSc2nncn2CCc2cccs2)cc1. The van der Waals surface area contributed by atoms with Crippen LogP contribution in [-0.4, -0.2) is 27.1 Å². The summed E-state index contributed by atoms with van der Waals surface area (Å²) in [6, 6.07) is 10.2. The van der Waals surface area contributed by atoms with E-state index in [1.807, 2.05) is 0 Å². The third-order valence-electron chi connectivity index (χ3n) is 3.16. The molecule has 2 heterocycles. The maximum atomic E-state index is 12.8. The van der Waals surface area contributed by atoms with E-state index in [2.05, 4.69) is 32.3 Å². The summed E-state index contributed by atoms with van der Waals surface area (Å²) < 4.78 is 20.4. The molecule has 7 heteroatoms. The highest BCUT2D eigenvalue weighted by Crippen LogP contribution is 2.17. The van der Waals surface area contributed by atoms with Crippen LogP contribution in [0.3, 0.4) is 0 Å². The van der Waals surface area contributed by atoms with Crippen LogP contribution in [0.15, 0.2) is 53.3 Å². The zero-order valence-corrected chi connectivity index (χ0v) is 14.0. The molecule has 0 aliphatic heterocycles. The molecule has 1 aromatic carbocycles. The number of aromatic nitrogens is 3. The molecule has 0 aliphatic rings. The van der Waals surface area contributed by atoms with Crippen molar-refractivity contribution in [1.29, 1.82) is 0 Å². The highest BCUT2D eigenvalue weighted by Gasteiger charge is 2.06. The molecule has 0 fully saturated rings. The first-order valence-electron chi connectivity index (χ1n) is 7.22. The molecule has 120 valence electrons. The molecule has 2 aromatic heterocycles. The summed E-state index contributed by atoms with van der Waals surface area (Å²) in [5.41, 5.74) is 0. The van der Waals surface area contributed by atoms with E-state index in [4.69, 9.17) is 4.74 Å². The van der Waals surface area contributed by atoms with Gasteiger partial charge in [-0.15, -0.1) is 21.5 Å². The quantitative estimate of drug-likeness (QED) is 0.457. The molecule has 3 aromatic rings. The molecule has 0 spiro atoms. The van der Waals surface area contributed by atoms with Crippen LogP contribution in [-0.2, 0) is 13.0 Å². The Morgan fingerprint density at radius 3 is 2.87 bits per heavy atom. The number of hydrogen-bond donors (Lipinski definition) is 0. The van der Waals surface area contributed by atoms with Gasteiger partial charge < -0.3 is 9.30 Å². The smallest absolute Gasteiger partial charge is 0.191 e. The number of nitrogens with zero attached hydrogens (tertiary/aromatic N) is 3. The topological polar surface area (TPSA) is 39.9 Å². The number of benzene rings is 1. The van der Waals surface area contributed by atoms with Gasteiger partial charge in [0.05, 0.1) is 6.61 Å². The molecule has 0 N–H and O–H groups in total. The molecule has 3 rings (SSSR count). The Morgan fingerprint density at radius 1 is 1.22 bits per heavy atom. The van der Waals surface area contributed by atoms with E-state index in [0.29, 0.717) is 12.4 Å². The summed E-state index contributed by atoms with van der Waals surface area (Å²) in [7, 11) is 0. The first-order valence-corrected chi connectivity index (χ1v) is 9.09. The van der Waals surface area contributed by atoms with Gasteiger partial charge in [-0.05, 0) is 42.1 Å². The summed E-state index contributed by atoms with van der Waals surface area (Å²) in [4.78, 5) is 1.36. The van der Waals surface area contributed by atoms with Crippen molar-refractivity contribution >= 4 is 23.1 Å². The minimum Gasteiger partial charge on any atom is -0.493 e. The van der Waals surface area contributed by atoms with Crippen LogP contribution in [0.25, 0.3) is 0 Å². The minimum atomic E-state index is -0.259. The molecule has 0 radical (unpaired) electrons. The van der Waals surface area contributed by atoms with Crippen LogP contribution in [0.1, 0.15) is 4.88 Å². The predicted molar refractivity (Wildman–Crippen MR) is 90.7 cm³/mol. The Kier molecular flexibility index (Phi) is 5.65. The summed E-state index contributed by atoms with van der Waals surface area (Å²) in [5.74, 6) is 1.17. The fourth-order valence-electron chi connectivity index (χ4n) is 2.02. The Hall–Kier alpha value is -1.86.